The van der Waals surface area contributed by atoms with Crippen LogP contribution >= 0.6 is 12.4 Å². The van der Waals surface area contributed by atoms with E-state index in [0.29, 0.717) is 0 Å². The number of alkyl halides is 2. The molecule has 0 bridgehead atoms. The number of hydrogen-bond acceptors (Lipinski definition) is 4. The van der Waals surface area contributed by atoms with E-state index in [4.69, 9.17) is 0 Å². The molecule has 2 N–H and O–H groups in total. The highest BCUT2D eigenvalue weighted by atomic mass is 35.5. The van der Waals surface area contributed by atoms with Gasteiger partial charge in [0.15, 0.2) is 0 Å². The van der Waals surface area contributed by atoms with Crippen LogP contribution in [-0.4, -0.2) is 43.3 Å². The second-order valence-electron chi connectivity index (χ2n) is 4.90. The maximum absolute atomic E-state index is 12.2. The predicted octanol–water partition coefficient (Wildman–Crippen LogP) is 0.989. The van der Waals surface area contributed by atoms with Gasteiger partial charge in [0.1, 0.15) is 11.4 Å². The second kappa shape index (κ2) is 7.48. The fourth-order valence-corrected chi connectivity index (χ4v) is 3.50. The third-order valence-electron chi connectivity index (χ3n) is 3.31. The first-order valence-corrected chi connectivity index (χ1v) is 7.93. The van der Waals surface area contributed by atoms with Crippen molar-refractivity contribution >= 4 is 22.4 Å². The summed E-state index contributed by atoms with van der Waals surface area (Å²) in [6.45, 7) is 2.16. The topological polar surface area (TPSA) is 76.0 Å². The van der Waals surface area contributed by atoms with Crippen molar-refractivity contribution in [2.75, 3.05) is 6.54 Å². The van der Waals surface area contributed by atoms with Crippen LogP contribution in [0.25, 0.3) is 0 Å². The molecule has 1 aromatic heterocycles. The minimum atomic E-state index is -3.73. The zero-order valence-corrected chi connectivity index (χ0v) is 13.1. The van der Waals surface area contributed by atoms with Gasteiger partial charge >= 0.3 is 0 Å². The molecule has 10 heteroatoms. The molecular weight excluding hydrogens is 326 g/mol. The summed E-state index contributed by atoms with van der Waals surface area (Å²) in [5, 5.41) is 6.83. The number of rotatable bonds is 5. The Hall–Kier alpha value is -0.770. The molecule has 0 spiro atoms. The zero-order valence-electron chi connectivity index (χ0n) is 11.5. The van der Waals surface area contributed by atoms with Crippen molar-refractivity contribution in [3.63, 3.8) is 0 Å². The van der Waals surface area contributed by atoms with Crippen LogP contribution in [-0.2, 0) is 16.6 Å². The fraction of sp³-hybridized carbons (Fsp3) is 0.727. The van der Waals surface area contributed by atoms with Gasteiger partial charge in [0, 0.05) is 18.3 Å². The molecule has 1 aliphatic heterocycles. The molecular formula is C11H19ClF2N4O2S. The van der Waals surface area contributed by atoms with Gasteiger partial charge in [0.05, 0.1) is 6.20 Å². The Bertz CT molecular complexity index is 552. The maximum atomic E-state index is 12.2. The van der Waals surface area contributed by atoms with Crippen LogP contribution < -0.4 is 10.0 Å². The maximum Gasteiger partial charge on any atom is 0.257 e. The van der Waals surface area contributed by atoms with Crippen LogP contribution in [0.5, 0.6) is 0 Å². The lowest BCUT2D eigenvalue weighted by Crippen LogP contribution is -2.51. The molecule has 2 unspecified atom stereocenters. The minimum Gasteiger partial charge on any atom is -0.313 e. The van der Waals surface area contributed by atoms with Crippen LogP contribution in [0, 0.1) is 0 Å². The zero-order chi connectivity index (χ0) is 14.8. The lowest BCUT2D eigenvalue weighted by molar-refractivity contribution is 0.121. The first-order valence-electron chi connectivity index (χ1n) is 6.45. The summed E-state index contributed by atoms with van der Waals surface area (Å²) in [5.41, 5.74) is 0. The van der Waals surface area contributed by atoms with Gasteiger partial charge in [-0.1, -0.05) is 0 Å². The van der Waals surface area contributed by atoms with Crippen molar-refractivity contribution in [1.29, 1.82) is 0 Å². The highest BCUT2D eigenvalue weighted by molar-refractivity contribution is 7.89. The molecule has 1 aliphatic rings. The highest BCUT2D eigenvalue weighted by Gasteiger charge is 2.27. The molecule has 0 amide bonds. The number of hydrogen-bond donors (Lipinski definition) is 2. The van der Waals surface area contributed by atoms with Crippen molar-refractivity contribution < 1.29 is 17.2 Å². The smallest absolute Gasteiger partial charge is 0.257 e. The summed E-state index contributed by atoms with van der Waals surface area (Å²) in [7, 11) is -3.73. The van der Waals surface area contributed by atoms with E-state index < -0.39 is 23.0 Å². The molecule has 0 saturated carbocycles. The monoisotopic (exact) mass is 344 g/mol. The number of aromatic nitrogens is 2. The van der Waals surface area contributed by atoms with Crippen molar-refractivity contribution in [2.45, 2.75) is 49.7 Å². The Balaban J connectivity index is 0.00000220. The largest absolute Gasteiger partial charge is 0.313 e. The van der Waals surface area contributed by atoms with E-state index in [2.05, 4.69) is 15.1 Å². The molecule has 0 radical (unpaired) electrons. The molecule has 1 fully saturated rings. The molecule has 2 rings (SSSR count). The van der Waals surface area contributed by atoms with Gasteiger partial charge in [-0.3, -0.25) is 4.68 Å². The van der Waals surface area contributed by atoms with Crippen LogP contribution in [0.15, 0.2) is 17.3 Å². The van der Waals surface area contributed by atoms with Gasteiger partial charge in [-0.25, -0.2) is 21.9 Å². The van der Waals surface area contributed by atoms with Crippen molar-refractivity contribution in [3.8, 4) is 0 Å². The number of piperidine rings is 1. The van der Waals surface area contributed by atoms with E-state index >= 15 is 0 Å². The number of nitrogens with zero attached hydrogens (tertiary/aromatic N) is 2. The molecule has 122 valence electrons. The highest BCUT2D eigenvalue weighted by Crippen LogP contribution is 2.14. The second-order valence-corrected chi connectivity index (χ2v) is 6.62. The van der Waals surface area contributed by atoms with Crippen LogP contribution in [0.2, 0.25) is 0 Å². The van der Waals surface area contributed by atoms with E-state index in [-0.39, 0.29) is 29.4 Å². The lowest BCUT2D eigenvalue weighted by Gasteiger charge is -2.30. The third kappa shape index (κ3) is 4.87. The van der Waals surface area contributed by atoms with E-state index in [0.717, 1.165) is 36.5 Å². The van der Waals surface area contributed by atoms with Crippen molar-refractivity contribution in [3.05, 3.63) is 12.4 Å². The number of halogens is 3. The molecule has 1 saturated heterocycles. The van der Waals surface area contributed by atoms with Gasteiger partial charge in [-0.15, -0.1) is 12.4 Å². The Morgan fingerprint density at radius 2 is 2.29 bits per heavy atom. The van der Waals surface area contributed by atoms with Gasteiger partial charge in [0.2, 0.25) is 10.0 Å². The molecule has 21 heavy (non-hydrogen) atoms. The fourth-order valence-electron chi connectivity index (χ4n) is 2.20. The van der Waals surface area contributed by atoms with Crippen molar-refractivity contribution in [1.82, 2.24) is 19.8 Å². The summed E-state index contributed by atoms with van der Waals surface area (Å²) in [6, 6.07) is -0.165. The normalized spacial score (nSPS) is 23.0. The quantitative estimate of drug-likeness (QED) is 0.835. The lowest BCUT2D eigenvalue weighted by atomic mass is 10.0. The van der Waals surface area contributed by atoms with E-state index in [1.807, 2.05) is 6.92 Å². The summed E-state index contributed by atoms with van der Waals surface area (Å²) >= 11 is 0. The Morgan fingerprint density at radius 1 is 1.57 bits per heavy atom. The minimum absolute atomic E-state index is 0. The number of nitrogens with one attached hydrogen (secondary N) is 2. The summed E-state index contributed by atoms with van der Waals surface area (Å²) in [6.07, 6.45) is 1.28. The molecule has 2 atom stereocenters. The molecule has 0 aliphatic carbocycles. The van der Waals surface area contributed by atoms with Crippen LogP contribution in [0.4, 0.5) is 8.78 Å². The first-order chi connectivity index (χ1) is 9.38. The molecule has 2 heterocycles. The average Bonchev–Trinajstić information content (AvgIpc) is 2.80. The van der Waals surface area contributed by atoms with Gasteiger partial charge in [-0.2, -0.15) is 5.10 Å². The van der Waals surface area contributed by atoms with E-state index in [1.165, 1.54) is 0 Å². The average molecular weight is 345 g/mol. The van der Waals surface area contributed by atoms with Gasteiger partial charge in [-0.05, 0) is 26.3 Å². The Kier molecular flexibility index (Phi) is 6.51. The van der Waals surface area contributed by atoms with Crippen LogP contribution in [0.1, 0.15) is 19.8 Å². The van der Waals surface area contributed by atoms with Gasteiger partial charge in [0.25, 0.3) is 6.43 Å². The van der Waals surface area contributed by atoms with E-state index in [9.17, 15) is 17.2 Å². The predicted molar refractivity (Wildman–Crippen MR) is 76.3 cm³/mol. The first kappa shape index (κ1) is 18.3. The third-order valence-corrected chi connectivity index (χ3v) is 4.76. The van der Waals surface area contributed by atoms with E-state index in [1.54, 1.807) is 0 Å². The molecule has 1 aromatic rings. The van der Waals surface area contributed by atoms with Crippen LogP contribution in [0.3, 0.4) is 0 Å². The molecule has 6 nitrogen and oxygen atoms in total. The Morgan fingerprint density at radius 3 is 2.90 bits per heavy atom. The summed E-state index contributed by atoms with van der Waals surface area (Å²) in [5.74, 6) is 0. The van der Waals surface area contributed by atoms with Gasteiger partial charge < -0.3 is 5.32 Å². The molecule has 0 aromatic carbocycles. The van der Waals surface area contributed by atoms with Crippen molar-refractivity contribution in [2.24, 2.45) is 0 Å². The SMILES string of the molecule is CC1NCCCC1NS(=O)(=O)c1cnn(CC(F)F)c1.Cl. The standard InChI is InChI=1S/C11H18F2N4O2S.ClH/c1-8-10(3-2-4-14-8)16-20(18,19)9-5-15-17(6-9)7-11(12)13;/h5-6,8,10-11,14,16H,2-4,7H2,1H3;1H. The summed E-state index contributed by atoms with van der Waals surface area (Å²) < 4.78 is 52.3. The summed E-state index contributed by atoms with van der Waals surface area (Å²) in [4.78, 5) is -0.0871. The Labute approximate surface area is 128 Å². The number of sulfonamides is 1.